The van der Waals surface area contributed by atoms with Gasteiger partial charge in [-0.25, -0.2) is 4.98 Å². The van der Waals surface area contributed by atoms with Gasteiger partial charge in [-0.05, 0) is 41.8 Å². The molecule has 2 heterocycles. The molecule has 156 valence electrons. The first kappa shape index (κ1) is 21.5. The van der Waals surface area contributed by atoms with Crippen LogP contribution in [0.4, 0.5) is 0 Å². The minimum atomic E-state index is -0.185. The van der Waals surface area contributed by atoms with Gasteiger partial charge in [-0.3, -0.25) is 9.78 Å². The van der Waals surface area contributed by atoms with Gasteiger partial charge >= 0.3 is 0 Å². The molecule has 1 N–H and O–H groups in total. The van der Waals surface area contributed by atoms with Gasteiger partial charge in [-0.1, -0.05) is 19.9 Å². The van der Waals surface area contributed by atoms with Crippen molar-refractivity contribution in [2.24, 2.45) is 5.92 Å². The number of amides is 1. The number of hydrogen-bond donors (Lipinski definition) is 1. The van der Waals surface area contributed by atoms with Crippen LogP contribution in [0, 0.1) is 5.92 Å². The Hall–Kier alpha value is -3.19. The van der Waals surface area contributed by atoms with E-state index >= 15 is 0 Å². The second-order valence-electron chi connectivity index (χ2n) is 7.03. The highest BCUT2D eigenvalue weighted by molar-refractivity contribution is 7.09. The van der Waals surface area contributed by atoms with Crippen molar-refractivity contribution in [3.05, 3.63) is 64.8 Å². The van der Waals surface area contributed by atoms with Crippen molar-refractivity contribution in [3.8, 4) is 22.8 Å². The van der Waals surface area contributed by atoms with E-state index in [1.54, 1.807) is 25.6 Å². The summed E-state index contributed by atoms with van der Waals surface area (Å²) in [5.74, 6) is 1.58. The van der Waals surface area contributed by atoms with Crippen LogP contribution >= 0.6 is 11.3 Å². The maximum absolute atomic E-state index is 12.2. The number of carbonyl (C=O) groups excluding carboxylic acids is 1. The minimum Gasteiger partial charge on any atom is -0.493 e. The number of benzene rings is 1. The van der Waals surface area contributed by atoms with Gasteiger partial charge in [0.1, 0.15) is 5.01 Å². The van der Waals surface area contributed by atoms with Crippen LogP contribution < -0.4 is 14.8 Å². The first-order valence-corrected chi connectivity index (χ1v) is 10.5. The quantitative estimate of drug-likeness (QED) is 0.510. The lowest BCUT2D eigenvalue weighted by Gasteiger charge is -2.12. The van der Waals surface area contributed by atoms with Crippen LogP contribution in [-0.4, -0.2) is 29.6 Å². The van der Waals surface area contributed by atoms with Crippen molar-refractivity contribution in [1.82, 2.24) is 15.3 Å². The Balaban J connectivity index is 1.55. The molecule has 1 amide bonds. The summed E-state index contributed by atoms with van der Waals surface area (Å²) in [4.78, 5) is 20.7. The molecule has 2 aromatic heterocycles. The average Bonchev–Trinajstić information content (AvgIpc) is 3.24. The van der Waals surface area contributed by atoms with Crippen LogP contribution in [0.15, 0.2) is 54.2 Å². The molecule has 0 bridgehead atoms. The van der Waals surface area contributed by atoms with E-state index in [0.717, 1.165) is 21.8 Å². The van der Waals surface area contributed by atoms with Gasteiger partial charge in [0.05, 0.1) is 26.0 Å². The molecule has 0 spiro atoms. The molecule has 0 aliphatic rings. The SMILES string of the molecule is COc1cc(/C=C/C(=O)NCc2nc(-c3ccncc3)cs2)ccc1OCC(C)C. The average molecular weight is 424 g/mol. The van der Waals surface area contributed by atoms with E-state index in [1.807, 2.05) is 35.7 Å². The Morgan fingerprint density at radius 3 is 2.73 bits per heavy atom. The standard InChI is InChI=1S/C23H25N3O3S/c1-16(2)14-29-20-6-4-17(12-21(20)28-3)5-7-22(27)25-13-23-26-19(15-30-23)18-8-10-24-11-9-18/h4-12,15-16H,13-14H2,1-3H3,(H,25,27)/b7-5+. The fourth-order valence-corrected chi connectivity index (χ4v) is 3.35. The molecule has 0 aliphatic carbocycles. The summed E-state index contributed by atoms with van der Waals surface area (Å²) in [5, 5.41) is 5.68. The van der Waals surface area contributed by atoms with Crippen molar-refractivity contribution < 1.29 is 14.3 Å². The third-order valence-electron chi connectivity index (χ3n) is 4.13. The molecule has 0 fully saturated rings. The Morgan fingerprint density at radius 1 is 1.20 bits per heavy atom. The summed E-state index contributed by atoms with van der Waals surface area (Å²) in [6.45, 7) is 5.18. The molecule has 0 aliphatic heterocycles. The van der Waals surface area contributed by atoms with Gasteiger partial charge in [0.25, 0.3) is 0 Å². The van der Waals surface area contributed by atoms with Crippen LogP contribution in [-0.2, 0) is 11.3 Å². The predicted octanol–water partition coefficient (Wildman–Crippen LogP) is 4.58. The summed E-state index contributed by atoms with van der Waals surface area (Å²) in [7, 11) is 1.60. The summed E-state index contributed by atoms with van der Waals surface area (Å²) < 4.78 is 11.2. The van der Waals surface area contributed by atoms with Crippen molar-refractivity contribution in [2.75, 3.05) is 13.7 Å². The molecule has 0 atom stereocenters. The monoisotopic (exact) mass is 423 g/mol. The number of carbonyl (C=O) groups is 1. The lowest BCUT2D eigenvalue weighted by atomic mass is 10.2. The molecule has 3 aromatic rings. The van der Waals surface area contributed by atoms with Crippen LogP contribution in [0.3, 0.4) is 0 Å². The topological polar surface area (TPSA) is 73.3 Å². The van der Waals surface area contributed by atoms with Gasteiger partial charge in [0, 0.05) is 29.4 Å². The van der Waals surface area contributed by atoms with Crippen molar-refractivity contribution >= 4 is 23.3 Å². The lowest BCUT2D eigenvalue weighted by Crippen LogP contribution is -2.20. The molecule has 0 unspecified atom stereocenters. The zero-order chi connectivity index (χ0) is 21.3. The van der Waals surface area contributed by atoms with Crippen molar-refractivity contribution in [1.29, 1.82) is 0 Å². The van der Waals surface area contributed by atoms with Crippen LogP contribution in [0.2, 0.25) is 0 Å². The largest absolute Gasteiger partial charge is 0.493 e. The molecule has 30 heavy (non-hydrogen) atoms. The fraction of sp³-hybridized carbons (Fsp3) is 0.261. The minimum absolute atomic E-state index is 0.185. The van der Waals surface area contributed by atoms with Gasteiger partial charge in [-0.15, -0.1) is 11.3 Å². The highest BCUT2D eigenvalue weighted by Gasteiger charge is 2.07. The summed E-state index contributed by atoms with van der Waals surface area (Å²) >= 11 is 1.51. The van der Waals surface area contributed by atoms with Crippen molar-refractivity contribution in [2.45, 2.75) is 20.4 Å². The number of thiazole rings is 1. The number of ether oxygens (including phenoxy) is 2. The van der Waals surface area contributed by atoms with E-state index in [9.17, 15) is 4.79 Å². The van der Waals surface area contributed by atoms with Crippen LogP contribution in [0.5, 0.6) is 11.5 Å². The molecule has 0 saturated heterocycles. The van der Waals surface area contributed by atoms with Gasteiger partial charge < -0.3 is 14.8 Å². The fourth-order valence-electron chi connectivity index (χ4n) is 2.60. The van der Waals surface area contributed by atoms with Gasteiger partial charge in [0.2, 0.25) is 5.91 Å². The normalized spacial score (nSPS) is 11.1. The Morgan fingerprint density at radius 2 is 2.00 bits per heavy atom. The van der Waals surface area contributed by atoms with Crippen molar-refractivity contribution in [3.63, 3.8) is 0 Å². The molecule has 6 nitrogen and oxygen atoms in total. The van der Waals surface area contributed by atoms with E-state index in [-0.39, 0.29) is 5.91 Å². The number of methoxy groups -OCH3 is 1. The maximum atomic E-state index is 12.2. The molecule has 0 saturated carbocycles. The van der Waals surface area contributed by atoms with Crippen LogP contribution in [0.25, 0.3) is 17.3 Å². The van der Waals surface area contributed by atoms with Crippen LogP contribution in [0.1, 0.15) is 24.4 Å². The van der Waals surface area contributed by atoms with E-state index in [0.29, 0.717) is 30.6 Å². The Bertz CT molecular complexity index is 1000. The predicted molar refractivity (Wildman–Crippen MR) is 120 cm³/mol. The number of hydrogen-bond acceptors (Lipinski definition) is 6. The first-order chi connectivity index (χ1) is 14.5. The Kier molecular flexibility index (Phi) is 7.57. The number of rotatable bonds is 9. The lowest BCUT2D eigenvalue weighted by molar-refractivity contribution is -0.116. The molecule has 0 radical (unpaired) electrons. The molecular weight excluding hydrogens is 398 g/mol. The highest BCUT2D eigenvalue weighted by Crippen LogP contribution is 2.29. The number of aromatic nitrogens is 2. The second kappa shape index (κ2) is 10.5. The molecule has 7 heteroatoms. The van der Waals surface area contributed by atoms with E-state index in [4.69, 9.17) is 9.47 Å². The second-order valence-corrected chi connectivity index (χ2v) is 7.97. The highest BCUT2D eigenvalue weighted by atomic mass is 32.1. The summed E-state index contributed by atoms with van der Waals surface area (Å²) in [6, 6.07) is 9.42. The smallest absolute Gasteiger partial charge is 0.244 e. The number of pyridine rings is 1. The summed E-state index contributed by atoms with van der Waals surface area (Å²) in [6.07, 6.45) is 6.72. The first-order valence-electron chi connectivity index (χ1n) is 9.66. The van der Waals surface area contributed by atoms with E-state index < -0.39 is 0 Å². The third-order valence-corrected chi connectivity index (χ3v) is 4.98. The molecular formula is C23H25N3O3S. The zero-order valence-corrected chi connectivity index (χ0v) is 18.1. The van der Waals surface area contributed by atoms with E-state index in [2.05, 4.69) is 29.1 Å². The molecule has 3 rings (SSSR count). The van der Waals surface area contributed by atoms with E-state index in [1.165, 1.54) is 17.4 Å². The van der Waals surface area contributed by atoms with Gasteiger partial charge in [-0.2, -0.15) is 0 Å². The molecule has 1 aromatic carbocycles. The summed E-state index contributed by atoms with van der Waals surface area (Å²) in [5.41, 5.74) is 2.75. The Labute approximate surface area is 180 Å². The van der Waals surface area contributed by atoms with Gasteiger partial charge in [0.15, 0.2) is 11.5 Å². The zero-order valence-electron chi connectivity index (χ0n) is 17.3. The number of nitrogens with zero attached hydrogens (tertiary/aromatic N) is 2. The maximum Gasteiger partial charge on any atom is 0.244 e. The third kappa shape index (κ3) is 6.15. The number of nitrogens with one attached hydrogen (secondary N) is 1.